The molecule has 100 valence electrons. The van der Waals surface area contributed by atoms with Crippen LogP contribution < -0.4 is 5.73 Å². The third-order valence-electron chi connectivity index (χ3n) is 3.27. The van der Waals surface area contributed by atoms with Crippen LogP contribution in [0.2, 0.25) is 0 Å². The molecule has 3 rings (SSSR count). The van der Waals surface area contributed by atoms with Crippen molar-refractivity contribution in [1.29, 1.82) is 0 Å². The van der Waals surface area contributed by atoms with Crippen molar-refractivity contribution in [2.24, 2.45) is 5.73 Å². The molecule has 20 heavy (non-hydrogen) atoms. The van der Waals surface area contributed by atoms with Gasteiger partial charge in [-0.05, 0) is 24.6 Å². The van der Waals surface area contributed by atoms with Crippen LogP contribution in [0.5, 0.6) is 0 Å². The number of fused-ring (bicyclic) bond motifs is 1. The number of nitrogens with zero attached hydrogens (tertiary/aromatic N) is 2. The second kappa shape index (κ2) is 4.77. The highest BCUT2D eigenvalue weighted by Crippen LogP contribution is 2.25. The quantitative estimate of drug-likeness (QED) is 0.762. The van der Waals surface area contributed by atoms with Gasteiger partial charge in [0.2, 0.25) is 0 Å². The number of aromatic amines is 1. The van der Waals surface area contributed by atoms with E-state index in [-0.39, 0.29) is 0 Å². The zero-order valence-electron chi connectivity index (χ0n) is 11.1. The smallest absolute Gasteiger partial charge is 0.267 e. The first-order valence-corrected chi connectivity index (χ1v) is 6.42. The lowest BCUT2D eigenvalue weighted by atomic mass is 10.0. The van der Waals surface area contributed by atoms with Gasteiger partial charge < -0.3 is 10.7 Å². The van der Waals surface area contributed by atoms with Crippen molar-refractivity contribution < 1.29 is 4.79 Å². The molecule has 0 bridgehead atoms. The highest BCUT2D eigenvalue weighted by Gasteiger charge is 2.10. The molecular formula is C15H14N4O. The maximum atomic E-state index is 11.2. The van der Waals surface area contributed by atoms with Crippen molar-refractivity contribution in [3.63, 3.8) is 0 Å². The predicted molar refractivity (Wildman–Crippen MR) is 77.2 cm³/mol. The van der Waals surface area contributed by atoms with Crippen molar-refractivity contribution in [1.82, 2.24) is 15.0 Å². The number of primary amides is 1. The maximum Gasteiger partial charge on any atom is 0.267 e. The Balaban J connectivity index is 2.14. The van der Waals surface area contributed by atoms with Gasteiger partial charge in [0.05, 0.1) is 0 Å². The van der Waals surface area contributed by atoms with Crippen LogP contribution in [0.1, 0.15) is 23.1 Å². The molecule has 0 spiro atoms. The lowest BCUT2D eigenvalue weighted by Gasteiger charge is -2.08. The summed E-state index contributed by atoms with van der Waals surface area (Å²) in [7, 11) is 0. The largest absolute Gasteiger partial charge is 0.364 e. The lowest BCUT2D eigenvalue weighted by molar-refractivity contribution is 0.0995. The average Bonchev–Trinajstić information content (AvgIpc) is 2.93. The van der Waals surface area contributed by atoms with E-state index in [4.69, 9.17) is 5.73 Å². The molecule has 0 saturated heterocycles. The number of amides is 1. The van der Waals surface area contributed by atoms with E-state index in [9.17, 15) is 4.79 Å². The van der Waals surface area contributed by atoms with Crippen molar-refractivity contribution in [2.45, 2.75) is 13.3 Å². The van der Waals surface area contributed by atoms with E-state index in [1.54, 1.807) is 12.3 Å². The monoisotopic (exact) mass is 266 g/mol. The Morgan fingerprint density at radius 2 is 2.20 bits per heavy atom. The topological polar surface area (TPSA) is 84.7 Å². The third kappa shape index (κ3) is 2.03. The zero-order chi connectivity index (χ0) is 14.1. The second-order valence-electron chi connectivity index (χ2n) is 4.55. The number of carbonyl (C=O) groups excluding carboxylic acids is 1. The Morgan fingerprint density at radius 3 is 2.95 bits per heavy atom. The first-order valence-electron chi connectivity index (χ1n) is 6.42. The average molecular weight is 266 g/mol. The van der Waals surface area contributed by atoms with E-state index in [1.807, 2.05) is 25.3 Å². The van der Waals surface area contributed by atoms with Crippen LogP contribution in [0.3, 0.4) is 0 Å². The van der Waals surface area contributed by atoms with Crippen LogP contribution in [0.4, 0.5) is 0 Å². The van der Waals surface area contributed by atoms with E-state index in [0.717, 1.165) is 34.3 Å². The molecule has 0 aliphatic carbocycles. The molecule has 0 aromatic carbocycles. The highest BCUT2D eigenvalue weighted by molar-refractivity contribution is 5.91. The van der Waals surface area contributed by atoms with Crippen molar-refractivity contribution in [3.8, 4) is 11.1 Å². The van der Waals surface area contributed by atoms with Crippen LogP contribution in [0.15, 0.2) is 36.7 Å². The summed E-state index contributed by atoms with van der Waals surface area (Å²) >= 11 is 0. The fourth-order valence-corrected chi connectivity index (χ4v) is 2.26. The summed E-state index contributed by atoms with van der Waals surface area (Å²) in [5, 5.41) is 1.04. The van der Waals surface area contributed by atoms with E-state index < -0.39 is 5.91 Å². The number of nitrogens with one attached hydrogen (secondary N) is 1. The van der Waals surface area contributed by atoms with Gasteiger partial charge in [0.1, 0.15) is 11.3 Å². The van der Waals surface area contributed by atoms with Gasteiger partial charge in [-0.2, -0.15) is 0 Å². The Hall–Kier alpha value is -2.69. The van der Waals surface area contributed by atoms with Crippen LogP contribution in [-0.2, 0) is 6.42 Å². The summed E-state index contributed by atoms with van der Waals surface area (Å²) in [6, 6.07) is 7.56. The molecule has 3 heterocycles. The molecule has 0 saturated carbocycles. The lowest BCUT2D eigenvalue weighted by Crippen LogP contribution is -2.14. The molecule has 3 aromatic rings. The number of hydrogen-bond acceptors (Lipinski definition) is 3. The molecule has 0 fully saturated rings. The van der Waals surface area contributed by atoms with E-state index in [0.29, 0.717) is 5.69 Å². The van der Waals surface area contributed by atoms with Crippen molar-refractivity contribution in [3.05, 3.63) is 48.0 Å². The van der Waals surface area contributed by atoms with Gasteiger partial charge >= 0.3 is 0 Å². The third-order valence-corrected chi connectivity index (χ3v) is 3.27. The number of nitrogens with two attached hydrogens (primary N) is 1. The summed E-state index contributed by atoms with van der Waals surface area (Å²) in [5.74, 6) is -0.509. The Morgan fingerprint density at radius 1 is 1.35 bits per heavy atom. The maximum absolute atomic E-state index is 11.2. The number of pyridine rings is 2. The fraction of sp³-hybridized carbons (Fsp3) is 0.133. The number of H-pyrrole nitrogens is 1. The van der Waals surface area contributed by atoms with Gasteiger partial charge in [-0.25, -0.2) is 9.97 Å². The molecule has 0 unspecified atom stereocenters. The summed E-state index contributed by atoms with van der Waals surface area (Å²) < 4.78 is 0. The van der Waals surface area contributed by atoms with Crippen molar-refractivity contribution in [2.75, 3.05) is 0 Å². The van der Waals surface area contributed by atoms with Gasteiger partial charge in [-0.15, -0.1) is 0 Å². The fourth-order valence-electron chi connectivity index (χ4n) is 2.26. The van der Waals surface area contributed by atoms with Crippen LogP contribution in [-0.4, -0.2) is 20.9 Å². The second-order valence-corrected chi connectivity index (χ2v) is 4.55. The summed E-state index contributed by atoms with van der Waals surface area (Å²) in [6.07, 6.45) is 4.39. The molecule has 5 nitrogen and oxygen atoms in total. The van der Waals surface area contributed by atoms with Crippen LogP contribution in [0, 0.1) is 0 Å². The highest BCUT2D eigenvalue weighted by atomic mass is 16.1. The standard InChI is InChI=1S/C15H14N4O/c1-2-12-11(3-4-13(19-12)14(16)20)10-7-9-5-6-17-15(9)18-8-10/h3-8H,2H2,1H3,(H2,16,20)(H,17,18). The Kier molecular flexibility index (Phi) is 2.95. The molecule has 0 atom stereocenters. The molecule has 5 heteroatoms. The van der Waals surface area contributed by atoms with E-state index in [2.05, 4.69) is 21.0 Å². The summed E-state index contributed by atoms with van der Waals surface area (Å²) in [6.45, 7) is 2.00. The normalized spacial score (nSPS) is 10.8. The molecule has 0 radical (unpaired) electrons. The van der Waals surface area contributed by atoms with Gasteiger partial charge in [-0.3, -0.25) is 4.79 Å². The van der Waals surface area contributed by atoms with Crippen LogP contribution in [0.25, 0.3) is 22.2 Å². The number of carbonyl (C=O) groups is 1. The molecule has 3 aromatic heterocycles. The Labute approximate surface area is 115 Å². The summed E-state index contributed by atoms with van der Waals surface area (Å²) in [5.41, 5.74) is 9.23. The number of hydrogen-bond donors (Lipinski definition) is 2. The van der Waals surface area contributed by atoms with E-state index >= 15 is 0 Å². The molecule has 0 aliphatic rings. The van der Waals surface area contributed by atoms with Gasteiger partial charge in [0.15, 0.2) is 0 Å². The first kappa shape index (κ1) is 12.3. The molecule has 3 N–H and O–H groups in total. The molecular weight excluding hydrogens is 252 g/mol. The number of aryl methyl sites for hydroxylation is 1. The van der Waals surface area contributed by atoms with Gasteiger partial charge in [-0.1, -0.05) is 13.0 Å². The predicted octanol–water partition coefficient (Wildman–Crippen LogP) is 2.29. The van der Waals surface area contributed by atoms with E-state index in [1.165, 1.54) is 0 Å². The van der Waals surface area contributed by atoms with Gasteiger partial charge in [0.25, 0.3) is 5.91 Å². The number of aromatic nitrogens is 3. The number of rotatable bonds is 3. The minimum Gasteiger partial charge on any atom is -0.364 e. The molecule has 1 amide bonds. The minimum absolute atomic E-state index is 0.293. The van der Waals surface area contributed by atoms with Gasteiger partial charge in [0, 0.05) is 34.6 Å². The Bertz CT molecular complexity index is 791. The zero-order valence-corrected chi connectivity index (χ0v) is 11.1. The summed E-state index contributed by atoms with van der Waals surface area (Å²) in [4.78, 5) is 23.0. The first-order chi connectivity index (χ1) is 9.69. The van der Waals surface area contributed by atoms with Crippen LogP contribution >= 0.6 is 0 Å². The minimum atomic E-state index is -0.509. The SMILES string of the molecule is CCc1nc(C(N)=O)ccc1-c1cnc2[nH]ccc2c1. The van der Waals surface area contributed by atoms with Crippen molar-refractivity contribution >= 4 is 16.9 Å². The molecule has 0 aliphatic heterocycles.